The number of piperidine rings is 1. The Kier molecular flexibility index (Phi) is 5.95. The Bertz CT molecular complexity index is 1160. The molecule has 0 radical (unpaired) electrons. The molecule has 0 atom stereocenters. The van der Waals surface area contributed by atoms with Gasteiger partial charge < -0.3 is 25.1 Å². The zero-order chi connectivity index (χ0) is 23.8. The van der Waals surface area contributed by atoms with E-state index in [0.29, 0.717) is 17.2 Å². The van der Waals surface area contributed by atoms with Crippen molar-refractivity contribution < 1.29 is 18.7 Å². The number of fused-ring (bicyclic) bond motifs is 1. The van der Waals surface area contributed by atoms with Gasteiger partial charge in [0.25, 0.3) is 5.91 Å². The van der Waals surface area contributed by atoms with Crippen molar-refractivity contribution in [2.24, 2.45) is 5.73 Å². The van der Waals surface area contributed by atoms with E-state index in [-0.39, 0.29) is 38.2 Å². The SMILES string of the molecule is CC(C)(C)OC(=O)N1CCC(F)(CNc2nc(-c3ccns3)cn3cc(C(N)=O)nc23)CC1. The van der Waals surface area contributed by atoms with Crippen LogP contribution in [-0.4, -0.2) is 66.5 Å². The molecule has 4 rings (SSSR count). The maximum atomic E-state index is 15.6. The summed E-state index contributed by atoms with van der Waals surface area (Å²) in [5.74, 6) is -0.333. The molecule has 0 aliphatic carbocycles. The maximum Gasteiger partial charge on any atom is 0.410 e. The zero-order valence-corrected chi connectivity index (χ0v) is 19.5. The van der Waals surface area contributed by atoms with Crippen molar-refractivity contribution in [2.75, 3.05) is 25.0 Å². The number of nitrogens with two attached hydrogens (primary N) is 1. The number of rotatable bonds is 5. The Morgan fingerprint density at radius 3 is 2.61 bits per heavy atom. The third kappa shape index (κ3) is 5.21. The summed E-state index contributed by atoms with van der Waals surface area (Å²) in [5, 5.41) is 3.06. The highest BCUT2D eigenvalue weighted by atomic mass is 32.1. The van der Waals surface area contributed by atoms with Gasteiger partial charge >= 0.3 is 6.09 Å². The van der Waals surface area contributed by atoms with Gasteiger partial charge in [0, 0.05) is 44.5 Å². The molecular formula is C21H26FN7O3S. The van der Waals surface area contributed by atoms with Crippen molar-refractivity contribution in [2.45, 2.75) is 44.9 Å². The standard InChI is InChI=1S/C21H26FN7O3S/c1-20(2,3)32-19(31)28-8-5-21(22,6-9-28)12-24-17-18-27-14(16(23)30)11-29(18)10-13(26-17)15-4-7-25-33-15/h4,7,10-11H,5-6,8-9,12H2,1-3H3,(H2,23,30)(H,24,26). The minimum Gasteiger partial charge on any atom is -0.444 e. The Morgan fingerprint density at radius 1 is 1.27 bits per heavy atom. The van der Waals surface area contributed by atoms with Gasteiger partial charge in [-0.3, -0.25) is 4.79 Å². The van der Waals surface area contributed by atoms with E-state index in [2.05, 4.69) is 19.7 Å². The number of aromatic nitrogens is 4. The number of alkyl halides is 1. The molecule has 1 aliphatic rings. The van der Waals surface area contributed by atoms with E-state index >= 15 is 4.39 Å². The number of nitrogens with one attached hydrogen (secondary N) is 1. The van der Waals surface area contributed by atoms with Crippen molar-refractivity contribution in [3.8, 4) is 10.6 Å². The smallest absolute Gasteiger partial charge is 0.410 e. The molecule has 1 fully saturated rings. The highest BCUT2D eigenvalue weighted by molar-refractivity contribution is 7.09. The Labute approximate surface area is 194 Å². The summed E-state index contributed by atoms with van der Waals surface area (Å²) in [4.78, 5) is 35.1. The molecular weight excluding hydrogens is 449 g/mol. The van der Waals surface area contributed by atoms with E-state index < -0.39 is 23.3 Å². The van der Waals surface area contributed by atoms with Crippen LogP contribution in [0.3, 0.4) is 0 Å². The van der Waals surface area contributed by atoms with Gasteiger partial charge in [-0.2, -0.15) is 0 Å². The second kappa shape index (κ2) is 8.58. The number of likely N-dealkylation sites (tertiary alicyclic amines) is 1. The molecule has 10 nitrogen and oxygen atoms in total. The fraction of sp³-hybridized carbons (Fsp3) is 0.476. The molecule has 1 aliphatic heterocycles. The van der Waals surface area contributed by atoms with Gasteiger partial charge in [-0.25, -0.2) is 23.5 Å². The van der Waals surface area contributed by atoms with Crippen LogP contribution in [0, 0.1) is 0 Å². The van der Waals surface area contributed by atoms with Crippen molar-refractivity contribution in [1.82, 2.24) is 23.6 Å². The molecule has 2 amide bonds. The van der Waals surface area contributed by atoms with Gasteiger partial charge in [0.05, 0.1) is 11.4 Å². The first-order valence-corrected chi connectivity index (χ1v) is 11.3. The summed E-state index contributed by atoms with van der Waals surface area (Å²) >= 11 is 1.27. The number of imidazole rings is 1. The number of ether oxygens (including phenoxy) is 1. The molecule has 176 valence electrons. The van der Waals surface area contributed by atoms with Crippen molar-refractivity contribution in [3.05, 3.63) is 30.4 Å². The van der Waals surface area contributed by atoms with Crippen LogP contribution in [0.1, 0.15) is 44.1 Å². The first-order chi connectivity index (χ1) is 15.5. The number of hydrogen-bond acceptors (Lipinski definition) is 8. The minimum atomic E-state index is -1.54. The van der Waals surface area contributed by atoms with Gasteiger partial charge in [-0.15, -0.1) is 0 Å². The van der Waals surface area contributed by atoms with Crippen LogP contribution in [0.25, 0.3) is 16.2 Å². The fourth-order valence-electron chi connectivity index (χ4n) is 3.54. The zero-order valence-electron chi connectivity index (χ0n) is 18.7. The molecule has 3 aromatic rings. The number of carbonyl (C=O) groups is 2. The van der Waals surface area contributed by atoms with Crippen LogP contribution in [-0.2, 0) is 4.74 Å². The Balaban J connectivity index is 1.51. The summed E-state index contributed by atoms with van der Waals surface area (Å²) in [6.07, 6.45) is 4.78. The quantitative estimate of drug-likeness (QED) is 0.580. The summed E-state index contributed by atoms with van der Waals surface area (Å²) in [7, 11) is 0. The first-order valence-electron chi connectivity index (χ1n) is 10.5. The first kappa shape index (κ1) is 22.9. The lowest BCUT2D eigenvalue weighted by molar-refractivity contribution is 0.00574. The number of amides is 2. The lowest BCUT2D eigenvalue weighted by Crippen LogP contribution is -2.48. The summed E-state index contributed by atoms with van der Waals surface area (Å²) in [6, 6.07) is 1.82. The van der Waals surface area contributed by atoms with E-state index in [4.69, 9.17) is 10.5 Å². The van der Waals surface area contributed by atoms with Crippen LogP contribution in [0.15, 0.2) is 24.7 Å². The van der Waals surface area contributed by atoms with Gasteiger partial charge in [0.1, 0.15) is 22.7 Å². The maximum absolute atomic E-state index is 15.6. The Morgan fingerprint density at radius 2 is 2.00 bits per heavy atom. The largest absolute Gasteiger partial charge is 0.444 e. The number of nitrogens with zero attached hydrogens (tertiary/aromatic N) is 5. The predicted octanol–water partition coefficient (Wildman–Crippen LogP) is 3.10. The normalized spacial score (nSPS) is 16.1. The molecule has 0 spiro atoms. The number of anilines is 1. The van der Waals surface area contributed by atoms with Gasteiger partial charge in [0.15, 0.2) is 11.5 Å². The van der Waals surface area contributed by atoms with E-state index in [9.17, 15) is 9.59 Å². The second-order valence-electron chi connectivity index (χ2n) is 9.04. The average molecular weight is 476 g/mol. The molecule has 3 aromatic heterocycles. The van der Waals surface area contributed by atoms with E-state index in [1.807, 2.05) is 6.07 Å². The molecule has 3 N–H and O–H groups in total. The van der Waals surface area contributed by atoms with Crippen LogP contribution in [0.5, 0.6) is 0 Å². The Hall–Kier alpha value is -3.28. The highest BCUT2D eigenvalue weighted by Crippen LogP contribution is 2.30. The number of carbonyl (C=O) groups excluding carboxylic acids is 2. The summed E-state index contributed by atoms with van der Waals surface area (Å²) in [6.45, 7) is 5.88. The van der Waals surface area contributed by atoms with Gasteiger partial charge in [-0.1, -0.05) is 0 Å². The lowest BCUT2D eigenvalue weighted by atomic mass is 9.93. The van der Waals surface area contributed by atoms with Gasteiger partial charge in [-0.05, 0) is 38.4 Å². The lowest BCUT2D eigenvalue weighted by Gasteiger charge is -2.37. The molecule has 1 saturated heterocycles. The van der Waals surface area contributed by atoms with Crippen LogP contribution in [0.2, 0.25) is 0 Å². The van der Waals surface area contributed by atoms with E-state index in [1.165, 1.54) is 22.6 Å². The molecule has 12 heteroatoms. The summed E-state index contributed by atoms with van der Waals surface area (Å²) in [5.41, 5.74) is 4.29. The van der Waals surface area contributed by atoms with Crippen molar-refractivity contribution in [1.29, 1.82) is 0 Å². The summed E-state index contributed by atoms with van der Waals surface area (Å²) < 4.78 is 26.7. The molecule has 0 saturated carbocycles. The molecule has 0 bridgehead atoms. The minimum absolute atomic E-state index is 0.0251. The van der Waals surface area contributed by atoms with Crippen LogP contribution >= 0.6 is 11.5 Å². The number of halogens is 1. The fourth-order valence-corrected chi connectivity index (χ4v) is 4.09. The molecule has 0 unspecified atom stereocenters. The molecule has 0 aromatic carbocycles. The molecule has 4 heterocycles. The topological polar surface area (TPSA) is 128 Å². The number of primary amides is 1. The van der Waals surface area contributed by atoms with Gasteiger partial charge in [0.2, 0.25) is 0 Å². The number of hydrogen-bond donors (Lipinski definition) is 2. The third-order valence-electron chi connectivity index (χ3n) is 5.26. The molecule has 33 heavy (non-hydrogen) atoms. The van der Waals surface area contributed by atoms with Crippen molar-refractivity contribution >= 4 is 35.0 Å². The second-order valence-corrected chi connectivity index (χ2v) is 9.88. The van der Waals surface area contributed by atoms with Crippen molar-refractivity contribution in [3.63, 3.8) is 0 Å². The van der Waals surface area contributed by atoms with E-state index in [1.54, 1.807) is 37.6 Å². The monoisotopic (exact) mass is 475 g/mol. The highest BCUT2D eigenvalue weighted by Gasteiger charge is 2.37. The van der Waals surface area contributed by atoms with E-state index in [0.717, 1.165) is 4.88 Å². The predicted molar refractivity (Wildman–Crippen MR) is 122 cm³/mol. The average Bonchev–Trinajstić information content (AvgIpc) is 3.41. The van der Waals surface area contributed by atoms with Crippen LogP contribution < -0.4 is 11.1 Å². The van der Waals surface area contributed by atoms with Crippen LogP contribution in [0.4, 0.5) is 15.0 Å². The third-order valence-corrected chi connectivity index (χ3v) is 6.03.